The molecule has 28 heavy (non-hydrogen) atoms. The van der Waals surface area contributed by atoms with E-state index in [0.29, 0.717) is 10.9 Å². The molecule has 1 N–H and O–H groups in total. The smallest absolute Gasteiger partial charge is 0.272 e. The number of imide groups is 1. The van der Waals surface area contributed by atoms with Crippen LogP contribution < -0.4 is 5.43 Å². The van der Waals surface area contributed by atoms with Gasteiger partial charge in [-0.2, -0.15) is 18.2 Å². The highest BCUT2D eigenvalue weighted by Crippen LogP contribution is 2.50. The van der Waals surface area contributed by atoms with Gasteiger partial charge in [0, 0.05) is 11.5 Å². The van der Waals surface area contributed by atoms with E-state index in [2.05, 4.69) is 18.9 Å². The Morgan fingerprint density at radius 1 is 1.21 bits per heavy atom. The summed E-state index contributed by atoms with van der Waals surface area (Å²) in [7, 11) is 0. The van der Waals surface area contributed by atoms with Crippen molar-refractivity contribution in [2.45, 2.75) is 26.4 Å². The predicted molar refractivity (Wildman–Crippen MR) is 94.4 cm³/mol. The van der Waals surface area contributed by atoms with Gasteiger partial charge in [-0.1, -0.05) is 19.9 Å². The van der Waals surface area contributed by atoms with E-state index < -0.39 is 41.3 Å². The first kappa shape index (κ1) is 20.1. The fourth-order valence-corrected chi connectivity index (χ4v) is 3.89. The molecule has 0 bridgehead atoms. The Kier molecular flexibility index (Phi) is 5.08. The van der Waals surface area contributed by atoms with Crippen molar-refractivity contribution >= 4 is 17.7 Å². The van der Waals surface area contributed by atoms with Crippen LogP contribution in [0.5, 0.6) is 0 Å². The Balaban J connectivity index is 1.75. The van der Waals surface area contributed by atoms with Gasteiger partial charge >= 0.3 is 6.18 Å². The highest BCUT2D eigenvalue weighted by Gasteiger charge is 2.53. The molecule has 3 rings (SSSR count). The van der Waals surface area contributed by atoms with E-state index >= 15 is 0 Å². The number of alkyl halides is 3. The molecule has 5 atom stereocenters. The highest BCUT2D eigenvalue weighted by molar-refractivity contribution is 6.07. The first-order chi connectivity index (χ1) is 13.1. The molecule has 1 aromatic rings. The van der Waals surface area contributed by atoms with Gasteiger partial charge in [-0.05, 0) is 48.4 Å². The van der Waals surface area contributed by atoms with E-state index in [1.54, 1.807) is 13.0 Å². The molecule has 1 aliphatic heterocycles. The molecule has 8 heteroatoms. The zero-order valence-electron chi connectivity index (χ0n) is 15.5. The molecule has 0 aromatic heterocycles. The molecule has 0 spiro atoms. The van der Waals surface area contributed by atoms with Crippen LogP contribution in [0.15, 0.2) is 36.9 Å². The maximum atomic E-state index is 12.8. The van der Waals surface area contributed by atoms with Gasteiger partial charge in [-0.25, -0.2) is 0 Å². The predicted octanol–water partition coefficient (Wildman–Crippen LogP) is 3.43. The minimum absolute atomic E-state index is 0.0826. The maximum absolute atomic E-state index is 12.8. The first-order valence-corrected chi connectivity index (χ1v) is 9.04. The number of amides is 3. The van der Waals surface area contributed by atoms with Crippen molar-refractivity contribution in [2.75, 3.05) is 0 Å². The summed E-state index contributed by atoms with van der Waals surface area (Å²) in [5.41, 5.74) is 1.27. The summed E-state index contributed by atoms with van der Waals surface area (Å²) in [5.74, 6) is -2.50. The van der Waals surface area contributed by atoms with Crippen molar-refractivity contribution in [3.05, 3.63) is 48.0 Å². The molecule has 2 aliphatic rings. The van der Waals surface area contributed by atoms with E-state index in [1.165, 1.54) is 0 Å². The molecule has 2 fully saturated rings. The largest absolute Gasteiger partial charge is 0.416 e. The number of allylic oxidation sites excluding steroid dienone is 1. The van der Waals surface area contributed by atoms with Crippen LogP contribution in [0.25, 0.3) is 0 Å². The van der Waals surface area contributed by atoms with Crippen LogP contribution in [0.3, 0.4) is 0 Å². The molecule has 1 heterocycles. The van der Waals surface area contributed by atoms with Crippen molar-refractivity contribution < 1.29 is 27.6 Å². The third kappa shape index (κ3) is 3.55. The minimum Gasteiger partial charge on any atom is -0.272 e. The van der Waals surface area contributed by atoms with Gasteiger partial charge in [0.2, 0.25) is 0 Å². The van der Waals surface area contributed by atoms with Crippen LogP contribution in [-0.4, -0.2) is 22.7 Å². The topological polar surface area (TPSA) is 66.5 Å². The summed E-state index contributed by atoms with van der Waals surface area (Å²) in [5, 5.41) is 0.693. The monoisotopic (exact) mass is 394 g/mol. The molecule has 5 nitrogen and oxygen atoms in total. The van der Waals surface area contributed by atoms with E-state index in [0.717, 1.165) is 30.7 Å². The summed E-state index contributed by atoms with van der Waals surface area (Å²) in [6, 6.07) is 3.55. The van der Waals surface area contributed by atoms with Gasteiger partial charge in [0.1, 0.15) is 0 Å². The van der Waals surface area contributed by atoms with Crippen molar-refractivity contribution in [3.63, 3.8) is 0 Å². The van der Waals surface area contributed by atoms with E-state index in [4.69, 9.17) is 0 Å². The maximum Gasteiger partial charge on any atom is 0.416 e. The number of nitrogens with one attached hydrogen (secondary N) is 1. The molecule has 1 saturated carbocycles. The number of hydrogen-bond acceptors (Lipinski definition) is 3. The van der Waals surface area contributed by atoms with Gasteiger partial charge in [0.25, 0.3) is 17.7 Å². The number of hydrazine groups is 1. The molecule has 1 aliphatic carbocycles. The fraction of sp³-hybridized carbons (Fsp3) is 0.450. The van der Waals surface area contributed by atoms with E-state index in [9.17, 15) is 27.6 Å². The zero-order chi connectivity index (χ0) is 20.8. The highest BCUT2D eigenvalue weighted by atomic mass is 19.4. The number of benzene rings is 1. The van der Waals surface area contributed by atoms with E-state index in [1.807, 2.05) is 0 Å². The van der Waals surface area contributed by atoms with E-state index in [-0.39, 0.29) is 17.4 Å². The van der Waals surface area contributed by atoms with Gasteiger partial charge in [-0.3, -0.25) is 19.8 Å². The van der Waals surface area contributed by atoms with Gasteiger partial charge < -0.3 is 0 Å². The Morgan fingerprint density at radius 3 is 2.25 bits per heavy atom. The lowest BCUT2D eigenvalue weighted by Crippen LogP contribution is -2.46. The van der Waals surface area contributed by atoms with Gasteiger partial charge in [0.15, 0.2) is 0 Å². The Bertz CT molecular complexity index is 819. The minimum atomic E-state index is -4.52. The fourth-order valence-electron chi connectivity index (χ4n) is 3.89. The summed E-state index contributed by atoms with van der Waals surface area (Å²) >= 11 is 0. The van der Waals surface area contributed by atoms with Crippen LogP contribution in [0, 0.1) is 29.6 Å². The van der Waals surface area contributed by atoms with Crippen LogP contribution in [0.1, 0.15) is 36.2 Å². The first-order valence-electron chi connectivity index (χ1n) is 9.04. The van der Waals surface area contributed by atoms with Crippen molar-refractivity contribution in [1.29, 1.82) is 0 Å². The number of halogens is 3. The van der Waals surface area contributed by atoms with Crippen LogP contribution in [0.4, 0.5) is 13.2 Å². The van der Waals surface area contributed by atoms with Gasteiger partial charge in [-0.15, -0.1) is 6.58 Å². The van der Waals surface area contributed by atoms with Crippen molar-refractivity contribution in [3.8, 4) is 0 Å². The second-order valence-electron chi connectivity index (χ2n) is 7.53. The summed E-state index contributed by atoms with van der Waals surface area (Å²) in [6.07, 6.45) is -1.86. The number of hydrogen-bond donors (Lipinski definition) is 1. The second kappa shape index (κ2) is 7.07. The molecule has 1 saturated heterocycles. The van der Waals surface area contributed by atoms with Crippen molar-refractivity contribution in [2.24, 2.45) is 29.6 Å². The number of rotatable bonds is 5. The lowest BCUT2D eigenvalue weighted by atomic mass is 9.80. The Labute approximate surface area is 160 Å². The van der Waals surface area contributed by atoms with Crippen molar-refractivity contribution in [1.82, 2.24) is 10.4 Å². The molecule has 150 valence electrons. The number of carbonyl (C=O) groups is 3. The lowest BCUT2D eigenvalue weighted by molar-refractivity contribution is -0.143. The lowest BCUT2D eigenvalue weighted by Gasteiger charge is -2.21. The van der Waals surface area contributed by atoms with Crippen LogP contribution >= 0.6 is 0 Å². The molecule has 0 radical (unpaired) electrons. The number of carbonyl (C=O) groups excluding carboxylic acids is 3. The van der Waals surface area contributed by atoms with Gasteiger partial charge in [0.05, 0.1) is 11.5 Å². The average molecular weight is 394 g/mol. The molecule has 5 unspecified atom stereocenters. The summed E-state index contributed by atoms with van der Waals surface area (Å²) in [6.45, 7) is 7.50. The molecular weight excluding hydrogens is 373 g/mol. The van der Waals surface area contributed by atoms with Crippen LogP contribution in [0.2, 0.25) is 0 Å². The summed E-state index contributed by atoms with van der Waals surface area (Å²) in [4.78, 5) is 37.7. The normalized spacial score (nSPS) is 28.2. The number of nitrogens with zero attached hydrogens (tertiary/aromatic N) is 1. The standard InChI is InChI=1S/C20H21F3N2O3/c1-4-14(15-9-10(15)2)16-11(3)18(27)25(19(16)28)24-17(26)12-5-7-13(8-6-12)20(21,22)23/h4-8,10-11,14-16H,1,9H2,2-3H3,(H,24,26). The quantitative estimate of drug-likeness (QED) is 0.615. The Hall–Kier alpha value is -2.64. The average Bonchev–Trinajstić information content (AvgIpc) is 3.33. The second-order valence-corrected chi connectivity index (χ2v) is 7.53. The van der Waals surface area contributed by atoms with Crippen LogP contribution in [-0.2, 0) is 15.8 Å². The molecule has 3 amide bonds. The Morgan fingerprint density at radius 2 is 1.79 bits per heavy atom. The molecule has 1 aromatic carbocycles. The third-order valence-electron chi connectivity index (χ3n) is 5.69. The zero-order valence-corrected chi connectivity index (χ0v) is 15.5. The summed E-state index contributed by atoms with van der Waals surface area (Å²) < 4.78 is 37.9. The third-order valence-corrected chi connectivity index (χ3v) is 5.69. The molecular formula is C20H21F3N2O3. The SMILES string of the molecule is C=CC(C1CC1C)C1C(=O)N(NC(=O)c2ccc(C(F)(F)F)cc2)C(=O)C1C.